The Hall–Kier alpha value is -1.40. The molecule has 1 amide bonds. The molecule has 6 heteroatoms. The number of unbranched alkanes of at least 4 members (excludes halogenated alkanes) is 42. The quantitative estimate of drug-likeness (QED) is 0.0321. The van der Waals surface area contributed by atoms with Crippen molar-refractivity contribution in [2.45, 2.75) is 341 Å². The summed E-state index contributed by atoms with van der Waals surface area (Å²) >= 11 is 0. The second-order valence-corrected chi connectivity index (χ2v) is 20.3. The second-order valence-electron chi connectivity index (χ2n) is 20.3. The zero-order chi connectivity index (χ0) is 47.2. The second kappa shape index (κ2) is 55.2. The Balaban J connectivity index is 3.33. The van der Waals surface area contributed by atoms with Crippen molar-refractivity contribution >= 4 is 11.9 Å². The molecule has 0 aliphatic carbocycles. The highest BCUT2D eigenvalue weighted by molar-refractivity contribution is 5.76. The normalized spacial score (nSPS) is 12.6. The van der Waals surface area contributed by atoms with E-state index in [9.17, 15) is 19.8 Å². The molecule has 0 radical (unpaired) electrons. The van der Waals surface area contributed by atoms with Gasteiger partial charge in [-0.2, -0.15) is 0 Å². The van der Waals surface area contributed by atoms with Gasteiger partial charge in [0.15, 0.2) is 0 Å². The monoisotopic (exact) mass is 918 g/mol. The molecule has 2 unspecified atom stereocenters. The summed E-state index contributed by atoms with van der Waals surface area (Å²) in [5.41, 5.74) is 0. The first kappa shape index (κ1) is 63.6. The summed E-state index contributed by atoms with van der Waals surface area (Å²) in [5, 5.41) is 23.1. The zero-order valence-electron chi connectivity index (χ0n) is 44.0. The summed E-state index contributed by atoms with van der Waals surface area (Å²) in [4.78, 5) is 24.5. The average Bonchev–Trinajstić information content (AvgIpc) is 3.31. The van der Waals surface area contributed by atoms with E-state index in [0.717, 1.165) is 44.9 Å². The number of aliphatic hydroxyl groups is 2. The third-order valence-corrected chi connectivity index (χ3v) is 13.8. The van der Waals surface area contributed by atoms with E-state index in [1.807, 2.05) is 0 Å². The van der Waals surface area contributed by atoms with Gasteiger partial charge in [-0.3, -0.25) is 9.59 Å². The average molecular weight is 919 g/mol. The molecule has 0 bridgehead atoms. The molecule has 0 rings (SSSR count). The van der Waals surface area contributed by atoms with Crippen molar-refractivity contribution in [3.8, 4) is 0 Å². The van der Waals surface area contributed by atoms with E-state index < -0.39 is 12.1 Å². The van der Waals surface area contributed by atoms with Crippen LogP contribution in [-0.2, 0) is 14.3 Å². The Morgan fingerprint density at radius 1 is 0.415 bits per heavy atom. The molecule has 2 atom stereocenters. The first-order valence-electron chi connectivity index (χ1n) is 29.4. The van der Waals surface area contributed by atoms with Gasteiger partial charge in [-0.15, -0.1) is 0 Å². The van der Waals surface area contributed by atoms with E-state index in [0.29, 0.717) is 25.9 Å². The standard InChI is InChI=1S/C59H115NO5/c1-3-5-7-9-11-13-14-15-16-23-27-30-33-37-41-45-49-53-59(64)65-54-50-46-42-38-34-31-28-25-22-20-18-17-19-21-24-26-29-32-36-40-44-48-52-58(63)60-56(55-61)57(62)51-47-43-39-35-12-10-8-6-4-2/h15-16,56-57,61-62H,3-14,17-55H2,1-2H3,(H,60,63)/b16-15-. The lowest BCUT2D eigenvalue weighted by atomic mass is 10.0. The highest BCUT2D eigenvalue weighted by Crippen LogP contribution is 2.18. The Morgan fingerprint density at radius 2 is 0.723 bits per heavy atom. The summed E-state index contributed by atoms with van der Waals surface area (Å²) in [7, 11) is 0. The molecule has 0 aromatic heterocycles. The number of nitrogens with one attached hydrogen (secondary N) is 1. The number of hydrogen-bond acceptors (Lipinski definition) is 5. The van der Waals surface area contributed by atoms with Gasteiger partial charge in [-0.25, -0.2) is 0 Å². The summed E-state index contributed by atoms with van der Waals surface area (Å²) in [6.45, 7) is 4.94. The van der Waals surface area contributed by atoms with Crippen LogP contribution in [0, 0.1) is 0 Å². The van der Waals surface area contributed by atoms with Crippen LogP contribution in [0.2, 0.25) is 0 Å². The van der Waals surface area contributed by atoms with Crippen LogP contribution in [0.1, 0.15) is 328 Å². The van der Waals surface area contributed by atoms with Gasteiger partial charge < -0.3 is 20.3 Å². The van der Waals surface area contributed by atoms with E-state index in [2.05, 4.69) is 31.3 Å². The number of aliphatic hydroxyl groups excluding tert-OH is 2. The number of carbonyl (C=O) groups is 2. The Labute approximate surface area is 406 Å². The smallest absolute Gasteiger partial charge is 0.305 e. The van der Waals surface area contributed by atoms with Gasteiger partial charge >= 0.3 is 5.97 Å². The van der Waals surface area contributed by atoms with Gasteiger partial charge in [0.1, 0.15) is 0 Å². The number of allylic oxidation sites excluding steroid dienone is 2. The van der Waals surface area contributed by atoms with Crippen LogP contribution in [0.5, 0.6) is 0 Å². The fourth-order valence-electron chi connectivity index (χ4n) is 9.28. The molecule has 0 aliphatic heterocycles. The van der Waals surface area contributed by atoms with Gasteiger partial charge in [0.2, 0.25) is 5.91 Å². The molecule has 0 aromatic carbocycles. The Bertz CT molecular complexity index is 970. The molecule has 386 valence electrons. The lowest BCUT2D eigenvalue weighted by Crippen LogP contribution is -2.45. The first-order chi connectivity index (χ1) is 32.0. The maximum Gasteiger partial charge on any atom is 0.305 e. The summed E-state index contributed by atoms with van der Waals surface area (Å²) in [5.74, 6) is -0.0262. The third kappa shape index (κ3) is 51.8. The van der Waals surface area contributed by atoms with Crippen LogP contribution >= 0.6 is 0 Å². The molecule has 0 fully saturated rings. The van der Waals surface area contributed by atoms with Crippen LogP contribution in [-0.4, -0.2) is 47.4 Å². The highest BCUT2D eigenvalue weighted by Gasteiger charge is 2.20. The van der Waals surface area contributed by atoms with E-state index in [1.54, 1.807) is 0 Å². The number of hydrogen-bond donors (Lipinski definition) is 3. The summed E-state index contributed by atoms with van der Waals surface area (Å²) in [6.07, 6.45) is 65.1. The fraction of sp³-hybridized carbons (Fsp3) is 0.932. The first-order valence-corrected chi connectivity index (χ1v) is 29.4. The van der Waals surface area contributed by atoms with E-state index in [4.69, 9.17) is 4.74 Å². The predicted octanol–water partition coefficient (Wildman–Crippen LogP) is 18.1. The van der Waals surface area contributed by atoms with Crippen molar-refractivity contribution in [3.63, 3.8) is 0 Å². The Kier molecular flexibility index (Phi) is 54.0. The SMILES string of the molecule is CCCCCCCC/C=C\CCCCCCCCCC(=O)OCCCCCCCCCCCCCCCCCCCCCCCCC(=O)NC(CO)C(O)CCCCCCCCCCC. The minimum absolute atomic E-state index is 0.0103. The molecule has 0 saturated heterocycles. The molecule has 0 heterocycles. The maximum absolute atomic E-state index is 12.4. The van der Waals surface area contributed by atoms with E-state index in [-0.39, 0.29) is 18.5 Å². The molecule has 0 spiro atoms. The number of rotatable bonds is 55. The topological polar surface area (TPSA) is 95.9 Å². The van der Waals surface area contributed by atoms with E-state index >= 15 is 0 Å². The molecule has 0 aromatic rings. The molecule has 6 nitrogen and oxygen atoms in total. The molecule has 0 saturated carbocycles. The van der Waals surface area contributed by atoms with Gasteiger partial charge in [0.25, 0.3) is 0 Å². The van der Waals surface area contributed by atoms with Gasteiger partial charge in [0, 0.05) is 12.8 Å². The number of ether oxygens (including phenoxy) is 1. The van der Waals surface area contributed by atoms with Crippen molar-refractivity contribution in [2.24, 2.45) is 0 Å². The molecular formula is C59H115NO5. The van der Waals surface area contributed by atoms with Gasteiger partial charge in [-0.05, 0) is 51.4 Å². The molecular weight excluding hydrogens is 803 g/mol. The number of amides is 1. The molecule has 0 aliphatic rings. The maximum atomic E-state index is 12.4. The third-order valence-electron chi connectivity index (χ3n) is 13.8. The number of carbonyl (C=O) groups excluding carboxylic acids is 2. The molecule has 3 N–H and O–H groups in total. The molecule has 65 heavy (non-hydrogen) atoms. The van der Waals surface area contributed by atoms with Crippen molar-refractivity contribution in [1.82, 2.24) is 5.32 Å². The summed E-state index contributed by atoms with van der Waals surface area (Å²) < 4.78 is 5.49. The lowest BCUT2D eigenvalue weighted by molar-refractivity contribution is -0.143. The number of esters is 1. The van der Waals surface area contributed by atoms with Crippen molar-refractivity contribution in [2.75, 3.05) is 13.2 Å². The van der Waals surface area contributed by atoms with E-state index in [1.165, 1.54) is 250 Å². The largest absolute Gasteiger partial charge is 0.466 e. The van der Waals surface area contributed by atoms with Gasteiger partial charge in [0.05, 0.1) is 25.4 Å². The summed E-state index contributed by atoms with van der Waals surface area (Å²) in [6, 6.07) is -0.538. The van der Waals surface area contributed by atoms with Crippen LogP contribution in [0.15, 0.2) is 12.2 Å². The zero-order valence-corrected chi connectivity index (χ0v) is 44.0. The predicted molar refractivity (Wildman–Crippen MR) is 283 cm³/mol. The van der Waals surface area contributed by atoms with Crippen LogP contribution in [0.3, 0.4) is 0 Å². The van der Waals surface area contributed by atoms with Crippen LogP contribution < -0.4 is 5.32 Å². The van der Waals surface area contributed by atoms with Crippen molar-refractivity contribution in [1.29, 1.82) is 0 Å². The van der Waals surface area contributed by atoms with Crippen molar-refractivity contribution < 1.29 is 24.5 Å². The Morgan fingerprint density at radius 3 is 1.09 bits per heavy atom. The van der Waals surface area contributed by atoms with Crippen LogP contribution in [0.4, 0.5) is 0 Å². The van der Waals surface area contributed by atoms with Crippen LogP contribution in [0.25, 0.3) is 0 Å². The lowest BCUT2D eigenvalue weighted by Gasteiger charge is -2.22. The fourth-order valence-corrected chi connectivity index (χ4v) is 9.28. The van der Waals surface area contributed by atoms with Gasteiger partial charge in [-0.1, -0.05) is 276 Å². The minimum atomic E-state index is -0.661. The van der Waals surface area contributed by atoms with Crippen molar-refractivity contribution in [3.05, 3.63) is 12.2 Å². The highest BCUT2D eigenvalue weighted by atomic mass is 16.5. The minimum Gasteiger partial charge on any atom is -0.466 e.